The predicted octanol–water partition coefficient (Wildman–Crippen LogP) is 2.38. The molecule has 1 aliphatic rings. The van der Waals surface area contributed by atoms with E-state index in [-0.39, 0.29) is 0 Å². The van der Waals surface area contributed by atoms with Crippen LogP contribution in [0.5, 0.6) is 0 Å². The van der Waals surface area contributed by atoms with Crippen LogP contribution < -0.4 is 0 Å². The minimum absolute atomic E-state index is 0.694. The van der Waals surface area contributed by atoms with Gasteiger partial charge in [0.05, 0.1) is 11.6 Å². The fourth-order valence-corrected chi connectivity index (χ4v) is 3.04. The maximum atomic E-state index is 11.7. The summed E-state index contributed by atoms with van der Waals surface area (Å²) in [6.07, 6.45) is 5.13. The summed E-state index contributed by atoms with van der Waals surface area (Å²) < 4.78 is 0. The van der Waals surface area contributed by atoms with Crippen LogP contribution in [0.1, 0.15) is 31.2 Å². The summed E-state index contributed by atoms with van der Waals surface area (Å²) in [5.74, 6) is -0.706. The van der Waals surface area contributed by atoms with E-state index in [4.69, 9.17) is 0 Å². The van der Waals surface area contributed by atoms with Gasteiger partial charge in [-0.25, -0.2) is 0 Å². The average Bonchev–Trinajstić information content (AvgIpc) is 3.08. The second-order valence-electron chi connectivity index (χ2n) is 5.39. The van der Waals surface area contributed by atoms with Crippen molar-refractivity contribution in [3.8, 4) is 11.3 Å². The number of nitrogens with zero attached hydrogens (tertiary/aromatic N) is 3. The summed E-state index contributed by atoms with van der Waals surface area (Å²) in [7, 11) is 1.77. The number of aryl methyl sites for hydroxylation is 1. The monoisotopic (exact) mass is 271 g/mol. The minimum atomic E-state index is -0.706. The van der Waals surface area contributed by atoms with Crippen molar-refractivity contribution in [3.05, 3.63) is 36.0 Å². The molecule has 1 N–H and O–H groups in total. The van der Waals surface area contributed by atoms with E-state index in [9.17, 15) is 9.90 Å². The van der Waals surface area contributed by atoms with Gasteiger partial charge in [-0.05, 0) is 18.4 Å². The van der Waals surface area contributed by atoms with E-state index in [1.54, 1.807) is 13.2 Å². The molecule has 0 bridgehead atoms. The lowest BCUT2D eigenvalue weighted by molar-refractivity contribution is -0.143. The van der Waals surface area contributed by atoms with Gasteiger partial charge in [0.1, 0.15) is 5.69 Å². The standard InChI is InChI=1S/C15H17N3O2/c1-18-16-10-13(17-18)11-4-6-12(7-5-11)15(14(19)20)8-2-3-9-15/h4-7,10H,2-3,8-9H2,1H3,(H,19,20). The molecule has 2 aromatic rings. The second-order valence-corrected chi connectivity index (χ2v) is 5.39. The van der Waals surface area contributed by atoms with E-state index in [1.807, 2.05) is 24.3 Å². The largest absolute Gasteiger partial charge is 0.481 e. The summed E-state index contributed by atoms with van der Waals surface area (Å²) in [5.41, 5.74) is 1.96. The van der Waals surface area contributed by atoms with E-state index in [0.717, 1.165) is 42.5 Å². The molecule has 1 aromatic carbocycles. The molecule has 0 unspecified atom stereocenters. The predicted molar refractivity (Wildman–Crippen MR) is 74.2 cm³/mol. The van der Waals surface area contributed by atoms with Crippen LogP contribution >= 0.6 is 0 Å². The molecule has 5 nitrogen and oxygen atoms in total. The Morgan fingerprint density at radius 1 is 1.25 bits per heavy atom. The first-order valence-corrected chi connectivity index (χ1v) is 6.82. The Morgan fingerprint density at radius 3 is 2.40 bits per heavy atom. The number of hydrogen-bond donors (Lipinski definition) is 1. The Labute approximate surface area is 117 Å². The average molecular weight is 271 g/mol. The first kappa shape index (κ1) is 12.8. The van der Waals surface area contributed by atoms with Crippen LogP contribution in [0.4, 0.5) is 0 Å². The number of carboxylic acid groups (broad SMARTS) is 1. The van der Waals surface area contributed by atoms with E-state index < -0.39 is 11.4 Å². The van der Waals surface area contributed by atoms with Gasteiger partial charge >= 0.3 is 5.97 Å². The molecule has 0 aliphatic heterocycles. The maximum absolute atomic E-state index is 11.7. The lowest BCUT2D eigenvalue weighted by Gasteiger charge is -2.24. The number of hydrogen-bond acceptors (Lipinski definition) is 3. The molecule has 1 heterocycles. The molecule has 0 radical (unpaired) electrons. The van der Waals surface area contributed by atoms with Gasteiger partial charge in [-0.15, -0.1) is 0 Å². The summed E-state index contributed by atoms with van der Waals surface area (Å²) in [5, 5.41) is 17.9. The molecule has 0 spiro atoms. The molecule has 0 atom stereocenters. The molecule has 20 heavy (non-hydrogen) atoms. The number of rotatable bonds is 3. The van der Waals surface area contributed by atoms with Crippen LogP contribution in [0.2, 0.25) is 0 Å². The van der Waals surface area contributed by atoms with Crippen LogP contribution in [0.25, 0.3) is 11.3 Å². The van der Waals surface area contributed by atoms with Crippen LogP contribution in [0, 0.1) is 0 Å². The number of carbonyl (C=O) groups is 1. The molecule has 3 rings (SSSR count). The summed E-state index contributed by atoms with van der Waals surface area (Å²) >= 11 is 0. The van der Waals surface area contributed by atoms with Crippen LogP contribution in [-0.2, 0) is 17.3 Å². The number of aromatic nitrogens is 3. The van der Waals surface area contributed by atoms with Crippen molar-refractivity contribution in [2.75, 3.05) is 0 Å². The van der Waals surface area contributed by atoms with E-state index in [2.05, 4.69) is 10.2 Å². The van der Waals surface area contributed by atoms with Crippen molar-refractivity contribution in [3.63, 3.8) is 0 Å². The van der Waals surface area contributed by atoms with E-state index in [1.165, 1.54) is 4.80 Å². The first-order chi connectivity index (χ1) is 9.62. The number of aliphatic carboxylic acids is 1. The lowest BCUT2D eigenvalue weighted by Crippen LogP contribution is -2.32. The maximum Gasteiger partial charge on any atom is 0.314 e. The summed E-state index contributed by atoms with van der Waals surface area (Å²) in [4.78, 5) is 13.2. The molecule has 1 aliphatic carbocycles. The van der Waals surface area contributed by atoms with Crippen molar-refractivity contribution >= 4 is 5.97 Å². The highest BCUT2D eigenvalue weighted by molar-refractivity contribution is 5.82. The lowest BCUT2D eigenvalue weighted by atomic mass is 9.79. The molecule has 1 aromatic heterocycles. The fraction of sp³-hybridized carbons (Fsp3) is 0.400. The Kier molecular flexibility index (Phi) is 3.04. The van der Waals surface area contributed by atoms with Gasteiger partial charge in [0.2, 0.25) is 0 Å². The highest BCUT2D eigenvalue weighted by Gasteiger charge is 2.42. The fourth-order valence-electron chi connectivity index (χ4n) is 3.04. The molecule has 104 valence electrons. The topological polar surface area (TPSA) is 68.0 Å². The Bertz CT molecular complexity index is 625. The molecular formula is C15H17N3O2. The Hall–Kier alpha value is -2.17. The molecule has 0 amide bonds. The molecule has 0 saturated heterocycles. The van der Waals surface area contributed by atoms with Crippen molar-refractivity contribution in [2.24, 2.45) is 7.05 Å². The zero-order valence-corrected chi connectivity index (χ0v) is 11.4. The minimum Gasteiger partial charge on any atom is -0.481 e. The SMILES string of the molecule is Cn1ncc(-c2ccc(C3(C(=O)O)CCCC3)cc2)n1. The van der Waals surface area contributed by atoms with Gasteiger partial charge in [0.15, 0.2) is 0 Å². The Morgan fingerprint density at radius 2 is 1.90 bits per heavy atom. The van der Waals surface area contributed by atoms with Crippen LogP contribution in [0.3, 0.4) is 0 Å². The highest BCUT2D eigenvalue weighted by Crippen LogP contribution is 2.41. The van der Waals surface area contributed by atoms with Crippen LogP contribution in [-0.4, -0.2) is 26.1 Å². The Balaban J connectivity index is 1.95. The van der Waals surface area contributed by atoms with E-state index in [0.29, 0.717) is 0 Å². The van der Waals surface area contributed by atoms with Crippen molar-refractivity contribution in [1.82, 2.24) is 15.0 Å². The van der Waals surface area contributed by atoms with Gasteiger partial charge in [0.25, 0.3) is 0 Å². The van der Waals surface area contributed by atoms with Gasteiger partial charge in [-0.2, -0.15) is 15.0 Å². The van der Waals surface area contributed by atoms with Crippen LogP contribution in [0.15, 0.2) is 30.5 Å². The first-order valence-electron chi connectivity index (χ1n) is 6.82. The smallest absolute Gasteiger partial charge is 0.314 e. The quantitative estimate of drug-likeness (QED) is 0.930. The normalized spacial score (nSPS) is 17.2. The third kappa shape index (κ3) is 1.99. The molecule has 1 fully saturated rings. The van der Waals surface area contributed by atoms with Gasteiger partial charge < -0.3 is 5.11 Å². The molecule has 5 heteroatoms. The number of carboxylic acids is 1. The van der Waals surface area contributed by atoms with Crippen molar-refractivity contribution in [2.45, 2.75) is 31.1 Å². The number of benzene rings is 1. The summed E-state index contributed by atoms with van der Waals surface area (Å²) in [6, 6.07) is 7.71. The van der Waals surface area contributed by atoms with Crippen molar-refractivity contribution in [1.29, 1.82) is 0 Å². The second kappa shape index (κ2) is 4.74. The third-order valence-electron chi connectivity index (χ3n) is 4.20. The molecule has 1 saturated carbocycles. The van der Waals surface area contributed by atoms with E-state index >= 15 is 0 Å². The zero-order chi connectivity index (χ0) is 14.2. The van der Waals surface area contributed by atoms with Gasteiger partial charge in [0, 0.05) is 12.6 Å². The zero-order valence-electron chi connectivity index (χ0n) is 11.4. The van der Waals surface area contributed by atoms with Gasteiger partial charge in [-0.3, -0.25) is 4.79 Å². The van der Waals surface area contributed by atoms with Crippen molar-refractivity contribution < 1.29 is 9.90 Å². The molecular weight excluding hydrogens is 254 g/mol. The summed E-state index contributed by atoms with van der Waals surface area (Å²) in [6.45, 7) is 0. The van der Waals surface area contributed by atoms with Gasteiger partial charge in [-0.1, -0.05) is 37.1 Å². The third-order valence-corrected chi connectivity index (χ3v) is 4.20. The highest BCUT2D eigenvalue weighted by atomic mass is 16.4.